The molecule has 0 unspecified atom stereocenters. The van der Waals surface area contributed by atoms with Gasteiger partial charge < -0.3 is 35.1 Å². The van der Waals surface area contributed by atoms with Crippen molar-refractivity contribution in [3.63, 3.8) is 0 Å². The fourth-order valence-corrected chi connectivity index (χ4v) is 5.20. The highest BCUT2D eigenvalue weighted by Gasteiger charge is 2.15. The smallest absolute Gasteiger partial charge is 0.257 e. The lowest BCUT2D eigenvalue weighted by molar-refractivity contribution is -0.122. The largest absolute Gasteiger partial charge is 0.495 e. The zero-order valence-corrected chi connectivity index (χ0v) is 25.2. The Morgan fingerprint density at radius 1 is 1.02 bits per heavy atom. The van der Waals surface area contributed by atoms with Crippen LogP contribution in [0.1, 0.15) is 31.2 Å². The number of hydrogen-bond donors (Lipinski definition) is 3. The maximum atomic E-state index is 11.6. The van der Waals surface area contributed by atoms with Gasteiger partial charge in [0.1, 0.15) is 17.6 Å². The summed E-state index contributed by atoms with van der Waals surface area (Å²) in [5.41, 5.74) is 3.46. The number of aromatic nitrogens is 1. The summed E-state index contributed by atoms with van der Waals surface area (Å²) in [4.78, 5) is 18.7. The van der Waals surface area contributed by atoms with Crippen LogP contribution in [-0.2, 0) is 4.79 Å². The van der Waals surface area contributed by atoms with Gasteiger partial charge in [-0.2, -0.15) is 5.26 Å². The third-order valence-electron chi connectivity index (χ3n) is 7.56. The molecule has 0 aliphatic carbocycles. The molecule has 3 N–H and O–H groups in total. The standard InChI is InChI=1S/C34H38N6O4/c1-36-33(41)23-43-30-9-4-5-10-31(30)44-26-13-11-25(12-14-26)39-34-24(21-35)22-38-28-20-29(32(42-2)19-27(28)34)37-15-8-18-40-16-6-3-7-17-40/h4-5,9-14,19-20,22,37H,3,6-8,15-18,23H2,1-2H3,(H,36,41)(H,38,39). The van der Waals surface area contributed by atoms with Crippen molar-refractivity contribution in [3.05, 3.63) is 72.4 Å². The lowest BCUT2D eigenvalue weighted by Gasteiger charge is -2.26. The summed E-state index contributed by atoms with van der Waals surface area (Å²) in [5.74, 6) is 2.00. The summed E-state index contributed by atoms with van der Waals surface area (Å²) in [6.45, 7) is 4.20. The molecule has 0 saturated carbocycles. The minimum atomic E-state index is -0.232. The Morgan fingerprint density at radius 3 is 2.52 bits per heavy atom. The molecule has 0 atom stereocenters. The normalized spacial score (nSPS) is 13.1. The fraction of sp³-hybridized carbons (Fsp3) is 0.324. The monoisotopic (exact) mass is 594 g/mol. The van der Waals surface area contributed by atoms with Gasteiger partial charge in [-0.15, -0.1) is 0 Å². The number of fused-ring (bicyclic) bond motifs is 1. The third kappa shape index (κ3) is 7.68. The number of hydrogen-bond acceptors (Lipinski definition) is 9. The number of ether oxygens (including phenoxy) is 3. The molecule has 2 heterocycles. The van der Waals surface area contributed by atoms with E-state index in [1.54, 1.807) is 32.5 Å². The number of nitriles is 1. The Kier molecular flexibility index (Phi) is 10.3. The Labute approximate surface area is 257 Å². The van der Waals surface area contributed by atoms with Crippen LogP contribution < -0.4 is 30.2 Å². The number of likely N-dealkylation sites (N-methyl/N-ethyl adjacent to an activating group) is 1. The fourth-order valence-electron chi connectivity index (χ4n) is 5.20. The Morgan fingerprint density at radius 2 is 1.80 bits per heavy atom. The topological polar surface area (TPSA) is 121 Å². The van der Waals surface area contributed by atoms with E-state index < -0.39 is 0 Å². The predicted octanol–water partition coefficient (Wildman–Crippen LogP) is 6.06. The maximum Gasteiger partial charge on any atom is 0.257 e. The van der Waals surface area contributed by atoms with Gasteiger partial charge in [-0.05, 0) is 87.4 Å². The molecule has 0 bridgehead atoms. The highest BCUT2D eigenvalue weighted by atomic mass is 16.5. The van der Waals surface area contributed by atoms with Crippen LogP contribution in [0.25, 0.3) is 10.9 Å². The summed E-state index contributed by atoms with van der Waals surface area (Å²) in [6, 6.07) is 20.7. The zero-order valence-electron chi connectivity index (χ0n) is 25.2. The number of methoxy groups -OCH3 is 1. The number of nitrogens with one attached hydrogen (secondary N) is 3. The second-order valence-electron chi connectivity index (χ2n) is 10.6. The highest BCUT2D eigenvalue weighted by molar-refractivity contribution is 5.98. The Bertz CT molecular complexity index is 1610. The van der Waals surface area contributed by atoms with Gasteiger partial charge in [0.25, 0.3) is 5.91 Å². The number of para-hydroxylation sites is 2. The number of nitrogens with zero attached hydrogens (tertiary/aromatic N) is 3. The summed E-state index contributed by atoms with van der Waals surface area (Å²) < 4.78 is 17.4. The molecule has 3 aromatic carbocycles. The molecule has 228 valence electrons. The van der Waals surface area contributed by atoms with E-state index >= 15 is 0 Å². The van der Waals surface area contributed by atoms with Gasteiger partial charge in [-0.1, -0.05) is 18.6 Å². The summed E-state index contributed by atoms with van der Waals surface area (Å²) in [7, 11) is 3.21. The molecule has 0 spiro atoms. The van der Waals surface area contributed by atoms with Crippen molar-refractivity contribution in [1.29, 1.82) is 5.26 Å². The van der Waals surface area contributed by atoms with Crippen LogP contribution in [0.15, 0.2) is 66.9 Å². The molecule has 0 radical (unpaired) electrons. The van der Waals surface area contributed by atoms with E-state index in [4.69, 9.17) is 14.2 Å². The number of likely N-dealkylation sites (tertiary alicyclic amines) is 1. The molecule has 1 fully saturated rings. The summed E-state index contributed by atoms with van der Waals surface area (Å²) in [5, 5.41) is 20.1. The van der Waals surface area contributed by atoms with Crippen molar-refractivity contribution in [2.75, 3.05) is 57.6 Å². The third-order valence-corrected chi connectivity index (χ3v) is 7.56. The summed E-state index contributed by atoms with van der Waals surface area (Å²) >= 11 is 0. The first-order valence-corrected chi connectivity index (χ1v) is 14.9. The number of carbonyl (C=O) groups excluding carboxylic acids is 1. The van der Waals surface area contributed by atoms with E-state index in [0.29, 0.717) is 34.2 Å². The molecule has 1 aromatic heterocycles. The molecular weight excluding hydrogens is 556 g/mol. The number of piperidine rings is 1. The summed E-state index contributed by atoms with van der Waals surface area (Å²) in [6.07, 6.45) is 6.56. The van der Waals surface area contributed by atoms with Crippen LogP contribution in [0.4, 0.5) is 17.1 Å². The molecule has 44 heavy (non-hydrogen) atoms. The molecule has 1 aliphatic heterocycles. The van der Waals surface area contributed by atoms with Crippen LogP contribution in [0.5, 0.6) is 23.0 Å². The maximum absolute atomic E-state index is 11.6. The van der Waals surface area contributed by atoms with E-state index in [1.807, 2.05) is 48.5 Å². The predicted molar refractivity (Wildman–Crippen MR) is 172 cm³/mol. The number of pyridine rings is 1. The molecule has 10 heteroatoms. The molecule has 1 saturated heterocycles. The van der Waals surface area contributed by atoms with Gasteiger partial charge in [0.15, 0.2) is 18.1 Å². The van der Waals surface area contributed by atoms with Crippen molar-refractivity contribution < 1.29 is 19.0 Å². The van der Waals surface area contributed by atoms with Crippen LogP contribution in [0.2, 0.25) is 0 Å². The van der Waals surface area contributed by atoms with Crippen molar-refractivity contribution in [1.82, 2.24) is 15.2 Å². The van der Waals surface area contributed by atoms with Gasteiger partial charge >= 0.3 is 0 Å². The van der Waals surface area contributed by atoms with Gasteiger partial charge in [0.05, 0.1) is 29.6 Å². The van der Waals surface area contributed by atoms with E-state index in [9.17, 15) is 10.1 Å². The van der Waals surface area contributed by atoms with Crippen molar-refractivity contribution in [2.24, 2.45) is 0 Å². The van der Waals surface area contributed by atoms with Gasteiger partial charge in [0, 0.05) is 30.9 Å². The molecule has 10 nitrogen and oxygen atoms in total. The first kappa shape index (κ1) is 30.4. The zero-order chi connectivity index (χ0) is 30.7. The molecule has 1 amide bonds. The number of benzene rings is 3. The van der Waals surface area contributed by atoms with Crippen LogP contribution in [-0.4, -0.2) is 62.7 Å². The highest BCUT2D eigenvalue weighted by Crippen LogP contribution is 2.37. The number of anilines is 3. The van der Waals surface area contributed by atoms with Gasteiger partial charge in [-0.25, -0.2) is 0 Å². The molecule has 1 aliphatic rings. The lowest BCUT2D eigenvalue weighted by atomic mass is 10.1. The second-order valence-corrected chi connectivity index (χ2v) is 10.6. The van der Waals surface area contributed by atoms with Crippen LogP contribution >= 0.6 is 0 Å². The first-order chi connectivity index (χ1) is 21.6. The van der Waals surface area contributed by atoms with Crippen molar-refractivity contribution >= 4 is 33.9 Å². The van der Waals surface area contributed by atoms with E-state index in [2.05, 4.69) is 31.9 Å². The molecular formula is C34H38N6O4. The Hall–Kier alpha value is -5.01. The quantitative estimate of drug-likeness (QED) is 0.159. The number of rotatable bonds is 13. The first-order valence-electron chi connectivity index (χ1n) is 14.9. The van der Waals surface area contributed by atoms with Gasteiger partial charge in [0.2, 0.25) is 0 Å². The van der Waals surface area contributed by atoms with Crippen molar-refractivity contribution in [3.8, 4) is 29.1 Å². The van der Waals surface area contributed by atoms with E-state index in [0.717, 1.165) is 41.8 Å². The minimum Gasteiger partial charge on any atom is -0.495 e. The lowest BCUT2D eigenvalue weighted by Crippen LogP contribution is -2.31. The van der Waals surface area contributed by atoms with Crippen LogP contribution in [0, 0.1) is 11.3 Å². The van der Waals surface area contributed by atoms with E-state index in [-0.39, 0.29) is 12.5 Å². The average Bonchev–Trinajstić information content (AvgIpc) is 3.07. The molecule has 4 aromatic rings. The molecule has 5 rings (SSSR count). The Balaban J connectivity index is 1.30. The van der Waals surface area contributed by atoms with E-state index in [1.165, 1.54) is 32.4 Å². The number of amides is 1. The SMILES string of the molecule is CNC(=O)COc1ccccc1Oc1ccc(Nc2c(C#N)cnc3cc(NCCCN4CCCCC4)c(OC)cc23)cc1. The average molecular weight is 595 g/mol. The minimum absolute atomic E-state index is 0.109. The van der Waals surface area contributed by atoms with Crippen LogP contribution in [0.3, 0.4) is 0 Å². The van der Waals surface area contributed by atoms with Crippen molar-refractivity contribution in [2.45, 2.75) is 25.7 Å². The number of carbonyl (C=O) groups is 1. The second kappa shape index (κ2) is 14.9. The van der Waals surface area contributed by atoms with Gasteiger partial charge in [-0.3, -0.25) is 9.78 Å².